The van der Waals surface area contributed by atoms with Gasteiger partial charge in [-0.05, 0) is 37.3 Å². The van der Waals surface area contributed by atoms with Crippen LogP contribution < -0.4 is 0 Å². The molecule has 3 heteroatoms. The molecule has 0 N–H and O–H groups in total. The van der Waals surface area contributed by atoms with Gasteiger partial charge in [0.1, 0.15) is 0 Å². The average molecular weight is 245 g/mol. The largest absolute Gasteiger partial charge is 0.381 e. The molecule has 1 atom stereocenters. The third-order valence-corrected chi connectivity index (χ3v) is 5.02. The summed E-state index contributed by atoms with van der Waals surface area (Å²) in [7, 11) is 0. The van der Waals surface area contributed by atoms with Gasteiger partial charge >= 0.3 is 0 Å². The predicted octanol–water partition coefficient (Wildman–Crippen LogP) is 4.02. The van der Waals surface area contributed by atoms with Crippen LogP contribution in [0.1, 0.15) is 34.9 Å². The molecule has 1 aliphatic heterocycles. The Balaban J connectivity index is 2.02. The smallest absolute Gasteiger partial charge is 0.0708 e. The maximum absolute atomic E-state index is 6.51. The molecule has 1 saturated heterocycles. The molecule has 1 fully saturated rings. The molecule has 1 aliphatic rings. The van der Waals surface area contributed by atoms with Crippen LogP contribution >= 0.6 is 22.9 Å². The Morgan fingerprint density at radius 3 is 2.80 bits per heavy atom. The molecule has 15 heavy (non-hydrogen) atoms. The lowest BCUT2D eigenvalue weighted by Gasteiger charge is -2.25. The minimum absolute atomic E-state index is 0.194. The molecule has 0 spiro atoms. The van der Waals surface area contributed by atoms with E-state index in [9.17, 15) is 0 Å². The minimum atomic E-state index is 0.194. The van der Waals surface area contributed by atoms with E-state index >= 15 is 0 Å². The highest BCUT2D eigenvalue weighted by Crippen LogP contribution is 2.38. The second kappa shape index (κ2) is 5.33. The minimum Gasteiger partial charge on any atom is -0.381 e. The Morgan fingerprint density at radius 2 is 2.20 bits per heavy atom. The highest BCUT2D eigenvalue weighted by Gasteiger charge is 2.24. The molecular weight excluding hydrogens is 228 g/mol. The van der Waals surface area contributed by atoms with Crippen LogP contribution in [0.15, 0.2) is 12.1 Å². The van der Waals surface area contributed by atoms with Gasteiger partial charge in [-0.25, -0.2) is 0 Å². The van der Waals surface area contributed by atoms with Crippen LogP contribution in [0.2, 0.25) is 0 Å². The van der Waals surface area contributed by atoms with Crippen LogP contribution in [0.3, 0.4) is 0 Å². The maximum atomic E-state index is 6.51. The summed E-state index contributed by atoms with van der Waals surface area (Å²) in [4.78, 5) is 2.77. The summed E-state index contributed by atoms with van der Waals surface area (Å²) in [5.41, 5.74) is 0. The molecule has 1 aromatic rings. The van der Waals surface area contributed by atoms with Crippen LogP contribution in [0.5, 0.6) is 0 Å². The standard InChI is InChI=1S/C12H17ClOS/c1-2-10-3-4-11(15-10)12(13)9-5-7-14-8-6-9/h3-4,9,12H,2,5-8H2,1H3. The van der Waals surface area contributed by atoms with Crippen molar-refractivity contribution in [1.82, 2.24) is 0 Å². The third-order valence-electron chi connectivity index (χ3n) is 2.98. The molecule has 0 radical (unpaired) electrons. The first-order valence-electron chi connectivity index (χ1n) is 5.61. The fourth-order valence-corrected chi connectivity index (χ4v) is 3.46. The van der Waals surface area contributed by atoms with Crippen molar-refractivity contribution in [2.75, 3.05) is 13.2 Å². The SMILES string of the molecule is CCc1ccc(C(Cl)C2CCOCC2)s1. The summed E-state index contributed by atoms with van der Waals surface area (Å²) < 4.78 is 5.36. The number of hydrogen-bond donors (Lipinski definition) is 0. The zero-order chi connectivity index (χ0) is 10.7. The van der Waals surface area contributed by atoms with Crippen molar-refractivity contribution in [3.05, 3.63) is 21.9 Å². The molecular formula is C12H17ClOS. The fraction of sp³-hybridized carbons (Fsp3) is 0.667. The highest BCUT2D eigenvalue weighted by atomic mass is 35.5. The van der Waals surface area contributed by atoms with E-state index in [0.29, 0.717) is 5.92 Å². The lowest BCUT2D eigenvalue weighted by atomic mass is 9.95. The molecule has 2 rings (SSSR count). The van der Waals surface area contributed by atoms with E-state index in [1.165, 1.54) is 9.75 Å². The van der Waals surface area contributed by atoms with Gasteiger partial charge in [-0.2, -0.15) is 0 Å². The van der Waals surface area contributed by atoms with Gasteiger partial charge < -0.3 is 4.74 Å². The number of halogens is 1. The first kappa shape index (κ1) is 11.4. The van der Waals surface area contributed by atoms with E-state index in [1.807, 2.05) is 11.3 Å². The van der Waals surface area contributed by atoms with E-state index in [0.717, 1.165) is 32.5 Å². The van der Waals surface area contributed by atoms with Gasteiger partial charge in [-0.15, -0.1) is 22.9 Å². The molecule has 0 bridgehead atoms. The second-order valence-electron chi connectivity index (χ2n) is 4.01. The van der Waals surface area contributed by atoms with E-state index in [1.54, 1.807) is 0 Å². The number of aryl methyl sites for hydroxylation is 1. The lowest BCUT2D eigenvalue weighted by Crippen LogP contribution is -2.18. The monoisotopic (exact) mass is 244 g/mol. The van der Waals surface area contributed by atoms with Gasteiger partial charge in [0, 0.05) is 23.0 Å². The molecule has 2 heterocycles. The predicted molar refractivity (Wildman–Crippen MR) is 65.8 cm³/mol. The van der Waals surface area contributed by atoms with Crippen molar-refractivity contribution >= 4 is 22.9 Å². The van der Waals surface area contributed by atoms with E-state index < -0.39 is 0 Å². The Labute approximate surface area is 100 Å². The number of alkyl halides is 1. The molecule has 1 aromatic heterocycles. The molecule has 0 saturated carbocycles. The van der Waals surface area contributed by atoms with Crippen molar-refractivity contribution in [1.29, 1.82) is 0 Å². The summed E-state index contributed by atoms with van der Waals surface area (Å²) in [6, 6.07) is 4.39. The number of ether oxygens (including phenoxy) is 1. The summed E-state index contributed by atoms with van der Waals surface area (Å²) in [5, 5.41) is 0.194. The van der Waals surface area contributed by atoms with Gasteiger partial charge in [0.25, 0.3) is 0 Å². The van der Waals surface area contributed by atoms with Crippen molar-refractivity contribution < 1.29 is 4.74 Å². The zero-order valence-electron chi connectivity index (χ0n) is 9.04. The van der Waals surface area contributed by atoms with Crippen LogP contribution in [0, 0.1) is 5.92 Å². The van der Waals surface area contributed by atoms with Crippen molar-refractivity contribution in [2.24, 2.45) is 5.92 Å². The normalized spacial score (nSPS) is 20.4. The highest BCUT2D eigenvalue weighted by molar-refractivity contribution is 7.12. The Morgan fingerprint density at radius 1 is 1.47 bits per heavy atom. The Bertz CT molecular complexity index is 304. The third kappa shape index (κ3) is 2.74. The molecule has 0 aliphatic carbocycles. The van der Waals surface area contributed by atoms with Gasteiger partial charge in [0.05, 0.1) is 5.38 Å². The Kier molecular flexibility index (Phi) is 4.06. The molecule has 84 valence electrons. The average Bonchev–Trinajstić information content (AvgIpc) is 2.78. The first-order valence-corrected chi connectivity index (χ1v) is 6.87. The molecule has 0 aromatic carbocycles. The number of rotatable bonds is 3. The summed E-state index contributed by atoms with van der Waals surface area (Å²) >= 11 is 8.37. The van der Waals surface area contributed by atoms with Crippen LogP contribution in [0.25, 0.3) is 0 Å². The zero-order valence-corrected chi connectivity index (χ0v) is 10.6. The second-order valence-corrected chi connectivity index (χ2v) is 5.68. The summed E-state index contributed by atoms with van der Waals surface area (Å²) in [6.07, 6.45) is 3.32. The first-order chi connectivity index (χ1) is 7.31. The molecule has 1 unspecified atom stereocenters. The van der Waals surface area contributed by atoms with Gasteiger partial charge in [0.15, 0.2) is 0 Å². The topological polar surface area (TPSA) is 9.23 Å². The molecule has 0 amide bonds. The van der Waals surface area contributed by atoms with Crippen molar-refractivity contribution in [2.45, 2.75) is 31.6 Å². The molecule has 1 nitrogen and oxygen atoms in total. The summed E-state index contributed by atoms with van der Waals surface area (Å²) in [5.74, 6) is 0.601. The van der Waals surface area contributed by atoms with Crippen molar-refractivity contribution in [3.63, 3.8) is 0 Å². The van der Waals surface area contributed by atoms with E-state index in [-0.39, 0.29) is 5.38 Å². The Hall–Kier alpha value is -0.0500. The fourth-order valence-electron chi connectivity index (χ4n) is 1.97. The van der Waals surface area contributed by atoms with Gasteiger partial charge in [-0.3, -0.25) is 0 Å². The van der Waals surface area contributed by atoms with Crippen LogP contribution in [-0.4, -0.2) is 13.2 Å². The maximum Gasteiger partial charge on any atom is 0.0708 e. The number of thiophene rings is 1. The van der Waals surface area contributed by atoms with Crippen LogP contribution in [-0.2, 0) is 11.2 Å². The quantitative estimate of drug-likeness (QED) is 0.730. The summed E-state index contributed by atoms with van der Waals surface area (Å²) in [6.45, 7) is 3.94. The number of hydrogen-bond acceptors (Lipinski definition) is 2. The lowest BCUT2D eigenvalue weighted by molar-refractivity contribution is 0.0653. The van der Waals surface area contributed by atoms with E-state index in [4.69, 9.17) is 16.3 Å². The van der Waals surface area contributed by atoms with Crippen LogP contribution in [0.4, 0.5) is 0 Å². The van der Waals surface area contributed by atoms with E-state index in [2.05, 4.69) is 19.1 Å². The van der Waals surface area contributed by atoms with Crippen molar-refractivity contribution in [3.8, 4) is 0 Å². The van der Waals surface area contributed by atoms with Gasteiger partial charge in [-0.1, -0.05) is 6.92 Å². The van der Waals surface area contributed by atoms with Gasteiger partial charge in [0.2, 0.25) is 0 Å².